The number of nitrogens with one attached hydrogen (secondary N) is 2. The van der Waals surface area contributed by atoms with Gasteiger partial charge in [0.15, 0.2) is 5.82 Å². The molecule has 6 rings (SSSR count). The smallest absolute Gasteiger partial charge is 0.158 e. The Morgan fingerprint density at radius 2 is 2.14 bits per heavy atom. The van der Waals surface area contributed by atoms with E-state index in [-0.39, 0.29) is 6.10 Å². The lowest BCUT2D eigenvalue weighted by molar-refractivity contribution is -0.0355. The van der Waals surface area contributed by atoms with E-state index in [1.54, 1.807) is 12.5 Å². The van der Waals surface area contributed by atoms with Crippen LogP contribution in [0.3, 0.4) is 0 Å². The Labute approximate surface area is 201 Å². The van der Waals surface area contributed by atoms with Crippen molar-refractivity contribution in [2.75, 3.05) is 31.6 Å². The Bertz CT molecular complexity index is 1430. The van der Waals surface area contributed by atoms with Crippen LogP contribution in [0.5, 0.6) is 0 Å². The highest BCUT2D eigenvalue weighted by Crippen LogP contribution is 2.26. The van der Waals surface area contributed by atoms with Crippen molar-refractivity contribution in [2.24, 2.45) is 0 Å². The van der Waals surface area contributed by atoms with Gasteiger partial charge in [-0.1, -0.05) is 6.07 Å². The molecular weight excluding hydrogens is 444 g/mol. The molecule has 5 heterocycles. The molecular formula is C25H26N8O2. The molecule has 1 aliphatic heterocycles. The molecule has 10 nitrogen and oxygen atoms in total. The summed E-state index contributed by atoms with van der Waals surface area (Å²) in [4.78, 5) is 8.92. The second kappa shape index (κ2) is 9.79. The molecule has 1 saturated heterocycles. The number of ether oxygens (including phenoxy) is 2. The van der Waals surface area contributed by atoms with Gasteiger partial charge in [-0.05, 0) is 36.4 Å². The topological polar surface area (TPSA) is 103 Å². The Kier molecular flexibility index (Phi) is 6.06. The van der Waals surface area contributed by atoms with E-state index in [0.29, 0.717) is 19.8 Å². The molecule has 0 radical (unpaired) electrons. The second-order valence-corrected chi connectivity index (χ2v) is 8.48. The predicted octanol–water partition coefficient (Wildman–Crippen LogP) is 2.77. The summed E-state index contributed by atoms with van der Waals surface area (Å²) in [5, 5.41) is 16.7. The summed E-state index contributed by atoms with van der Waals surface area (Å²) in [7, 11) is 0. The Morgan fingerprint density at radius 3 is 3.03 bits per heavy atom. The summed E-state index contributed by atoms with van der Waals surface area (Å²) in [5.74, 6) is 0.722. The van der Waals surface area contributed by atoms with Gasteiger partial charge in [0.1, 0.15) is 11.8 Å². The maximum atomic E-state index is 5.96. The summed E-state index contributed by atoms with van der Waals surface area (Å²) in [6.45, 7) is 4.05. The first kappa shape index (κ1) is 21.7. The minimum Gasteiger partial charge on any atom is -0.374 e. The number of fused-ring (bicyclic) bond motifs is 2. The lowest BCUT2D eigenvalue weighted by Crippen LogP contribution is -2.40. The summed E-state index contributed by atoms with van der Waals surface area (Å²) in [6, 6.07) is 14.1. The van der Waals surface area contributed by atoms with Crippen LogP contribution in [0.1, 0.15) is 11.3 Å². The fourth-order valence-electron chi connectivity index (χ4n) is 4.33. The van der Waals surface area contributed by atoms with Crippen LogP contribution in [0.4, 0.5) is 11.5 Å². The standard InChI is InChI=1S/C25H26N8O2/c1-2-7-27-21(3-1)14-33-23-5-4-20(11-19(23)12-29-33)31-25-24-18(6-9-32(24)30-17-28-25)15-34-16-22-13-26-8-10-35-22/h1-7,9,11-12,17,22,26H,8,10,13-16H2,(H,28,30,31)/t22-/m0/s1. The van der Waals surface area contributed by atoms with E-state index in [1.165, 1.54) is 0 Å². The van der Waals surface area contributed by atoms with Gasteiger partial charge in [0.05, 0.1) is 49.9 Å². The molecule has 1 aliphatic rings. The number of pyridine rings is 1. The van der Waals surface area contributed by atoms with E-state index in [1.807, 2.05) is 51.9 Å². The van der Waals surface area contributed by atoms with Crippen molar-refractivity contribution >= 4 is 27.9 Å². The van der Waals surface area contributed by atoms with Crippen molar-refractivity contribution in [3.05, 3.63) is 78.6 Å². The number of hydrogen-bond donors (Lipinski definition) is 2. The van der Waals surface area contributed by atoms with E-state index in [0.717, 1.165) is 58.9 Å². The molecule has 2 N–H and O–H groups in total. The van der Waals surface area contributed by atoms with Gasteiger partial charge in [-0.2, -0.15) is 10.2 Å². The molecule has 0 bridgehead atoms. The van der Waals surface area contributed by atoms with Crippen molar-refractivity contribution in [3.8, 4) is 0 Å². The Morgan fingerprint density at radius 1 is 1.14 bits per heavy atom. The van der Waals surface area contributed by atoms with Gasteiger partial charge in [-0.15, -0.1) is 0 Å². The van der Waals surface area contributed by atoms with Gasteiger partial charge in [-0.25, -0.2) is 9.50 Å². The Balaban J connectivity index is 1.20. The Hall–Kier alpha value is -3.86. The van der Waals surface area contributed by atoms with E-state index in [9.17, 15) is 0 Å². The third-order valence-electron chi connectivity index (χ3n) is 6.05. The molecule has 4 aromatic heterocycles. The summed E-state index contributed by atoms with van der Waals surface area (Å²) in [5.41, 5.74) is 4.84. The average Bonchev–Trinajstić information content (AvgIpc) is 3.50. The van der Waals surface area contributed by atoms with E-state index in [4.69, 9.17) is 9.47 Å². The molecule has 1 fully saturated rings. The minimum atomic E-state index is 0.0804. The average molecular weight is 471 g/mol. The number of benzene rings is 1. The van der Waals surface area contributed by atoms with Crippen LogP contribution in [-0.4, -0.2) is 61.8 Å². The monoisotopic (exact) mass is 470 g/mol. The van der Waals surface area contributed by atoms with Crippen LogP contribution < -0.4 is 10.6 Å². The second-order valence-electron chi connectivity index (χ2n) is 8.48. The quantitative estimate of drug-likeness (QED) is 0.357. The molecule has 1 atom stereocenters. The van der Waals surface area contributed by atoms with Crippen LogP contribution >= 0.6 is 0 Å². The van der Waals surface area contributed by atoms with Crippen LogP contribution in [0.2, 0.25) is 0 Å². The zero-order valence-corrected chi connectivity index (χ0v) is 19.2. The maximum absolute atomic E-state index is 5.96. The van der Waals surface area contributed by atoms with Crippen molar-refractivity contribution < 1.29 is 9.47 Å². The fraction of sp³-hybridized carbons (Fsp3) is 0.280. The van der Waals surface area contributed by atoms with E-state index in [2.05, 4.69) is 42.9 Å². The third kappa shape index (κ3) is 4.72. The number of aromatic nitrogens is 6. The number of anilines is 2. The van der Waals surface area contributed by atoms with Gasteiger partial charge in [0.2, 0.25) is 0 Å². The molecule has 0 unspecified atom stereocenters. The van der Waals surface area contributed by atoms with Crippen LogP contribution in [0, 0.1) is 0 Å². The van der Waals surface area contributed by atoms with Crippen molar-refractivity contribution in [1.29, 1.82) is 0 Å². The predicted molar refractivity (Wildman–Crippen MR) is 132 cm³/mol. The normalized spacial score (nSPS) is 16.2. The molecule has 10 heteroatoms. The molecule has 1 aromatic carbocycles. The molecule has 35 heavy (non-hydrogen) atoms. The first-order chi connectivity index (χ1) is 17.3. The summed E-state index contributed by atoms with van der Waals surface area (Å²) >= 11 is 0. The molecule has 0 amide bonds. The van der Waals surface area contributed by atoms with Gasteiger partial charge in [0.25, 0.3) is 0 Å². The van der Waals surface area contributed by atoms with E-state index < -0.39 is 0 Å². The highest BCUT2D eigenvalue weighted by atomic mass is 16.5. The van der Waals surface area contributed by atoms with Crippen molar-refractivity contribution in [1.82, 2.24) is 34.7 Å². The van der Waals surface area contributed by atoms with E-state index >= 15 is 0 Å². The van der Waals surface area contributed by atoms with Crippen LogP contribution in [0.25, 0.3) is 16.4 Å². The number of nitrogens with zero attached hydrogens (tertiary/aromatic N) is 6. The van der Waals surface area contributed by atoms with Crippen molar-refractivity contribution in [3.63, 3.8) is 0 Å². The number of morpholine rings is 1. The van der Waals surface area contributed by atoms with Gasteiger partial charge >= 0.3 is 0 Å². The SMILES string of the molecule is c1ccc(Cn2ncc3cc(Nc4ncnn5ccc(COC[C@@H]6CNCCO6)c45)ccc32)nc1. The van der Waals surface area contributed by atoms with Gasteiger partial charge in [-0.3, -0.25) is 9.67 Å². The summed E-state index contributed by atoms with van der Waals surface area (Å²) in [6.07, 6.45) is 7.22. The zero-order chi connectivity index (χ0) is 23.5. The maximum Gasteiger partial charge on any atom is 0.158 e. The number of rotatable bonds is 8. The first-order valence-electron chi connectivity index (χ1n) is 11.7. The number of hydrogen-bond acceptors (Lipinski definition) is 8. The van der Waals surface area contributed by atoms with Gasteiger partial charge in [0, 0.05) is 42.1 Å². The zero-order valence-electron chi connectivity index (χ0n) is 19.2. The van der Waals surface area contributed by atoms with Crippen molar-refractivity contribution in [2.45, 2.75) is 19.3 Å². The van der Waals surface area contributed by atoms with Crippen LogP contribution in [0.15, 0.2) is 67.4 Å². The lowest BCUT2D eigenvalue weighted by atomic mass is 10.2. The highest BCUT2D eigenvalue weighted by molar-refractivity contribution is 5.85. The first-order valence-corrected chi connectivity index (χ1v) is 11.7. The third-order valence-corrected chi connectivity index (χ3v) is 6.05. The van der Waals surface area contributed by atoms with Crippen LogP contribution in [-0.2, 0) is 22.6 Å². The molecule has 0 spiro atoms. The summed E-state index contributed by atoms with van der Waals surface area (Å²) < 4.78 is 15.5. The largest absolute Gasteiger partial charge is 0.374 e. The fourth-order valence-corrected chi connectivity index (χ4v) is 4.33. The molecule has 5 aromatic rings. The molecule has 178 valence electrons. The molecule has 0 aliphatic carbocycles. The molecule has 0 saturated carbocycles. The lowest BCUT2D eigenvalue weighted by Gasteiger charge is -2.23. The highest BCUT2D eigenvalue weighted by Gasteiger charge is 2.15. The van der Waals surface area contributed by atoms with Gasteiger partial charge < -0.3 is 20.1 Å². The minimum absolute atomic E-state index is 0.0804.